The standard InChI is InChI=1S/C11H10BrNS2/c12-11-5-8(7-15-11)6-14-10-4-2-1-3-9(10)13/h1-5,7H,6,13H2. The lowest BCUT2D eigenvalue weighted by Crippen LogP contribution is -1.87. The Hall–Kier alpha value is -0.450. The molecule has 0 radical (unpaired) electrons. The summed E-state index contributed by atoms with van der Waals surface area (Å²) in [5.41, 5.74) is 8.05. The van der Waals surface area contributed by atoms with Crippen LogP contribution in [0.2, 0.25) is 0 Å². The highest BCUT2D eigenvalue weighted by Gasteiger charge is 2.01. The number of anilines is 1. The molecule has 78 valence electrons. The molecule has 1 heterocycles. The molecule has 1 aromatic carbocycles. The van der Waals surface area contributed by atoms with E-state index in [1.165, 1.54) is 9.35 Å². The van der Waals surface area contributed by atoms with E-state index in [0.29, 0.717) is 0 Å². The minimum atomic E-state index is 0.858. The molecule has 0 bridgehead atoms. The first-order valence-corrected chi connectivity index (χ1v) is 7.12. The van der Waals surface area contributed by atoms with Crippen molar-refractivity contribution in [1.29, 1.82) is 0 Å². The highest BCUT2D eigenvalue weighted by molar-refractivity contribution is 9.11. The molecule has 1 aromatic heterocycles. The van der Waals surface area contributed by atoms with Gasteiger partial charge in [-0.25, -0.2) is 0 Å². The van der Waals surface area contributed by atoms with E-state index in [2.05, 4.69) is 33.4 Å². The second-order valence-electron chi connectivity index (χ2n) is 3.09. The van der Waals surface area contributed by atoms with Crippen molar-refractivity contribution in [3.63, 3.8) is 0 Å². The summed E-state index contributed by atoms with van der Waals surface area (Å²) in [7, 11) is 0. The Morgan fingerprint density at radius 1 is 1.33 bits per heavy atom. The molecule has 15 heavy (non-hydrogen) atoms. The summed E-state index contributed by atoms with van der Waals surface area (Å²) in [5, 5.41) is 2.16. The molecule has 0 aliphatic heterocycles. The zero-order valence-electron chi connectivity index (χ0n) is 7.94. The molecule has 0 saturated carbocycles. The van der Waals surface area contributed by atoms with Gasteiger partial charge in [-0.15, -0.1) is 23.1 Å². The lowest BCUT2D eigenvalue weighted by molar-refractivity contribution is 1.41. The van der Waals surface area contributed by atoms with Gasteiger partial charge >= 0.3 is 0 Å². The van der Waals surface area contributed by atoms with Gasteiger partial charge in [0.15, 0.2) is 0 Å². The predicted octanol–water partition coefficient (Wildman–Crippen LogP) is 4.39. The van der Waals surface area contributed by atoms with Crippen molar-refractivity contribution in [3.8, 4) is 0 Å². The summed E-state index contributed by atoms with van der Waals surface area (Å²) in [6.07, 6.45) is 0. The quantitative estimate of drug-likeness (QED) is 0.672. The van der Waals surface area contributed by atoms with Crippen LogP contribution in [0.4, 0.5) is 5.69 Å². The zero-order chi connectivity index (χ0) is 10.7. The first-order chi connectivity index (χ1) is 7.25. The summed E-state index contributed by atoms with van der Waals surface area (Å²) in [4.78, 5) is 1.15. The maximum Gasteiger partial charge on any atom is 0.0701 e. The summed E-state index contributed by atoms with van der Waals surface area (Å²) in [5.74, 6) is 0.969. The third kappa shape index (κ3) is 3.00. The minimum absolute atomic E-state index is 0.858. The number of nitrogen functional groups attached to an aromatic ring is 1. The van der Waals surface area contributed by atoms with Gasteiger partial charge in [0.2, 0.25) is 0 Å². The largest absolute Gasteiger partial charge is 0.398 e. The zero-order valence-corrected chi connectivity index (χ0v) is 11.2. The number of hydrogen-bond acceptors (Lipinski definition) is 3. The molecule has 2 rings (SSSR count). The van der Waals surface area contributed by atoms with E-state index in [1.54, 1.807) is 23.1 Å². The minimum Gasteiger partial charge on any atom is -0.398 e. The highest BCUT2D eigenvalue weighted by atomic mass is 79.9. The monoisotopic (exact) mass is 299 g/mol. The average molecular weight is 300 g/mol. The number of nitrogens with two attached hydrogens (primary N) is 1. The lowest BCUT2D eigenvalue weighted by Gasteiger charge is -2.03. The Balaban J connectivity index is 2.02. The van der Waals surface area contributed by atoms with Gasteiger partial charge in [0.05, 0.1) is 3.79 Å². The van der Waals surface area contributed by atoms with Crippen LogP contribution in [0.15, 0.2) is 44.4 Å². The van der Waals surface area contributed by atoms with E-state index in [1.807, 2.05) is 18.2 Å². The maximum atomic E-state index is 5.86. The topological polar surface area (TPSA) is 26.0 Å². The summed E-state index contributed by atoms with van der Waals surface area (Å²) >= 11 is 6.95. The van der Waals surface area contributed by atoms with E-state index < -0.39 is 0 Å². The van der Waals surface area contributed by atoms with Gasteiger partial charge in [0.1, 0.15) is 0 Å². The molecule has 2 N–H and O–H groups in total. The first-order valence-electron chi connectivity index (χ1n) is 4.46. The fraction of sp³-hybridized carbons (Fsp3) is 0.0909. The maximum absolute atomic E-state index is 5.86. The van der Waals surface area contributed by atoms with E-state index in [9.17, 15) is 0 Å². The summed E-state index contributed by atoms with van der Waals surface area (Å²) in [6, 6.07) is 10.1. The molecule has 0 fully saturated rings. The van der Waals surface area contributed by atoms with Crippen LogP contribution in [0.5, 0.6) is 0 Å². The molecule has 0 unspecified atom stereocenters. The van der Waals surface area contributed by atoms with Crippen molar-refractivity contribution in [3.05, 3.63) is 45.1 Å². The normalized spacial score (nSPS) is 10.5. The van der Waals surface area contributed by atoms with E-state index in [-0.39, 0.29) is 0 Å². The molecular formula is C11H10BrNS2. The average Bonchev–Trinajstić information content (AvgIpc) is 2.63. The molecule has 0 spiro atoms. The van der Waals surface area contributed by atoms with Crippen LogP contribution in [-0.2, 0) is 5.75 Å². The Labute approximate surface area is 106 Å². The number of thioether (sulfide) groups is 1. The van der Waals surface area contributed by atoms with Crippen LogP contribution in [0.1, 0.15) is 5.56 Å². The van der Waals surface area contributed by atoms with Crippen LogP contribution in [0.3, 0.4) is 0 Å². The Bertz CT molecular complexity index is 453. The van der Waals surface area contributed by atoms with Crippen molar-refractivity contribution in [2.24, 2.45) is 0 Å². The van der Waals surface area contributed by atoms with Gasteiger partial charge in [-0.1, -0.05) is 12.1 Å². The molecule has 1 nitrogen and oxygen atoms in total. The predicted molar refractivity (Wildman–Crippen MR) is 72.4 cm³/mol. The van der Waals surface area contributed by atoms with Crippen LogP contribution in [0.25, 0.3) is 0 Å². The number of thiophene rings is 1. The second kappa shape index (κ2) is 5.05. The SMILES string of the molecule is Nc1ccccc1SCc1csc(Br)c1. The summed E-state index contributed by atoms with van der Waals surface area (Å²) in [6.45, 7) is 0. The Morgan fingerprint density at radius 2 is 2.13 bits per heavy atom. The van der Waals surface area contributed by atoms with Crippen molar-refractivity contribution in [1.82, 2.24) is 0 Å². The molecular weight excluding hydrogens is 290 g/mol. The molecule has 0 aliphatic rings. The van der Waals surface area contributed by atoms with Gasteiger partial charge in [0, 0.05) is 16.3 Å². The highest BCUT2D eigenvalue weighted by Crippen LogP contribution is 2.30. The van der Waals surface area contributed by atoms with Crippen LogP contribution < -0.4 is 5.73 Å². The van der Waals surface area contributed by atoms with Gasteiger partial charge in [0.25, 0.3) is 0 Å². The van der Waals surface area contributed by atoms with E-state index in [0.717, 1.165) is 16.3 Å². The fourth-order valence-electron chi connectivity index (χ4n) is 1.19. The number of rotatable bonds is 3. The van der Waals surface area contributed by atoms with Gasteiger partial charge in [-0.3, -0.25) is 0 Å². The molecule has 0 amide bonds. The Morgan fingerprint density at radius 3 is 2.80 bits per heavy atom. The molecule has 2 aromatic rings. The van der Waals surface area contributed by atoms with E-state index >= 15 is 0 Å². The van der Waals surface area contributed by atoms with Crippen molar-refractivity contribution in [2.75, 3.05) is 5.73 Å². The van der Waals surface area contributed by atoms with Gasteiger partial charge < -0.3 is 5.73 Å². The van der Waals surface area contributed by atoms with Crippen molar-refractivity contribution >= 4 is 44.7 Å². The van der Waals surface area contributed by atoms with Crippen LogP contribution >= 0.6 is 39.0 Å². The van der Waals surface area contributed by atoms with Gasteiger partial charge in [-0.2, -0.15) is 0 Å². The lowest BCUT2D eigenvalue weighted by atomic mass is 10.3. The third-order valence-electron chi connectivity index (χ3n) is 1.94. The third-order valence-corrected chi connectivity index (χ3v) is 4.65. The van der Waals surface area contributed by atoms with Crippen LogP contribution in [-0.4, -0.2) is 0 Å². The smallest absolute Gasteiger partial charge is 0.0701 e. The van der Waals surface area contributed by atoms with Crippen molar-refractivity contribution < 1.29 is 0 Å². The molecule has 4 heteroatoms. The number of hydrogen-bond donors (Lipinski definition) is 1. The van der Waals surface area contributed by atoms with Gasteiger partial charge in [-0.05, 0) is 45.1 Å². The summed E-state index contributed by atoms with van der Waals surface area (Å²) < 4.78 is 1.18. The Kier molecular flexibility index (Phi) is 3.72. The second-order valence-corrected chi connectivity index (χ2v) is 6.39. The number of halogens is 1. The first kappa shape index (κ1) is 11.0. The van der Waals surface area contributed by atoms with E-state index in [4.69, 9.17) is 5.73 Å². The molecule has 0 saturated heterocycles. The number of benzene rings is 1. The number of para-hydroxylation sites is 1. The molecule has 0 aliphatic carbocycles. The van der Waals surface area contributed by atoms with Crippen molar-refractivity contribution in [2.45, 2.75) is 10.6 Å². The molecule has 0 atom stereocenters. The fourth-order valence-corrected chi connectivity index (χ4v) is 3.41. The van der Waals surface area contributed by atoms with Crippen LogP contribution in [0, 0.1) is 0 Å².